The Morgan fingerprint density at radius 3 is 2.67 bits per heavy atom. The summed E-state index contributed by atoms with van der Waals surface area (Å²) in [6.07, 6.45) is 0.260. The summed E-state index contributed by atoms with van der Waals surface area (Å²) in [6.45, 7) is 5.09. The highest BCUT2D eigenvalue weighted by molar-refractivity contribution is 5.78. The fourth-order valence-electron chi connectivity index (χ4n) is 2.92. The molecule has 0 atom stereocenters. The quantitative estimate of drug-likeness (QED) is 0.816. The van der Waals surface area contributed by atoms with Crippen LogP contribution in [-0.2, 0) is 22.7 Å². The number of amides is 2. The van der Waals surface area contributed by atoms with Crippen molar-refractivity contribution in [2.24, 2.45) is 0 Å². The second-order valence-electron chi connectivity index (χ2n) is 6.58. The van der Waals surface area contributed by atoms with Crippen molar-refractivity contribution in [3.8, 4) is 11.5 Å². The van der Waals surface area contributed by atoms with Crippen molar-refractivity contribution in [1.29, 1.82) is 0 Å². The molecule has 6 heteroatoms. The third kappa shape index (κ3) is 5.00. The fourth-order valence-corrected chi connectivity index (χ4v) is 2.92. The Hall–Kier alpha value is -3.02. The molecule has 2 aromatic rings. The van der Waals surface area contributed by atoms with Gasteiger partial charge in [-0.2, -0.15) is 0 Å². The summed E-state index contributed by atoms with van der Waals surface area (Å²) in [6, 6.07) is 13.6. The summed E-state index contributed by atoms with van der Waals surface area (Å²) in [5, 5.41) is 2.89. The van der Waals surface area contributed by atoms with Crippen LogP contribution in [-0.4, -0.2) is 30.1 Å². The van der Waals surface area contributed by atoms with E-state index < -0.39 is 0 Å². The van der Waals surface area contributed by atoms with Crippen molar-refractivity contribution in [2.45, 2.75) is 33.4 Å². The Kier molecular flexibility index (Phi) is 5.96. The zero-order valence-corrected chi connectivity index (χ0v) is 15.7. The molecule has 2 aromatic carbocycles. The monoisotopic (exact) mass is 368 g/mol. The van der Waals surface area contributed by atoms with E-state index in [4.69, 9.17) is 9.47 Å². The summed E-state index contributed by atoms with van der Waals surface area (Å²) in [4.78, 5) is 25.8. The molecule has 142 valence electrons. The van der Waals surface area contributed by atoms with Crippen LogP contribution in [0.5, 0.6) is 11.5 Å². The molecule has 0 saturated carbocycles. The van der Waals surface area contributed by atoms with Gasteiger partial charge in [0.15, 0.2) is 11.5 Å². The predicted molar refractivity (Wildman–Crippen MR) is 101 cm³/mol. The molecular weight excluding hydrogens is 344 g/mol. The van der Waals surface area contributed by atoms with Crippen molar-refractivity contribution in [3.05, 3.63) is 59.2 Å². The Balaban J connectivity index is 1.49. The molecule has 0 aromatic heterocycles. The lowest BCUT2D eigenvalue weighted by molar-refractivity contribution is -0.130. The Morgan fingerprint density at radius 1 is 1.11 bits per heavy atom. The number of carbonyl (C=O) groups excluding carboxylic acids is 2. The van der Waals surface area contributed by atoms with Crippen LogP contribution in [0.2, 0.25) is 0 Å². The van der Waals surface area contributed by atoms with Crippen molar-refractivity contribution in [1.82, 2.24) is 10.2 Å². The number of fused-ring (bicyclic) bond motifs is 1. The fraction of sp³-hybridized carbons (Fsp3) is 0.333. The summed E-state index contributed by atoms with van der Waals surface area (Å²) in [5.74, 6) is 1.28. The maximum Gasteiger partial charge on any atom is 0.231 e. The maximum absolute atomic E-state index is 12.2. The van der Waals surface area contributed by atoms with E-state index >= 15 is 0 Å². The van der Waals surface area contributed by atoms with Gasteiger partial charge in [-0.1, -0.05) is 30.3 Å². The highest BCUT2D eigenvalue weighted by Gasteiger charge is 2.15. The molecule has 1 heterocycles. The highest BCUT2D eigenvalue weighted by atomic mass is 16.7. The van der Waals surface area contributed by atoms with Gasteiger partial charge in [0.1, 0.15) is 0 Å². The number of nitrogens with one attached hydrogen (secondary N) is 1. The molecular formula is C21H24N2O4. The zero-order chi connectivity index (χ0) is 19.2. The van der Waals surface area contributed by atoms with Crippen LogP contribution in [0.4, 0.5) is 0 Å². The largest absolute Gasteiger partial charge is 0.454 e. The van der Waals surface area contributed by atoms with Gasteiger partial charge in [0, 0.05) is 33.0 Å². The SMILES string of the molecule is CC(=O)N(CCC(=O)NCc1ccc2c(c1)OCO2)Cc1ccccc1C. The molecule has 1 aliphatic rings. The molecule has 0 radical (unpaired) electrons. The molecule has 27 heavy (non-hydrogen) atoms. The van der Waals surface area contributed by atoms with E-state index in [-0.39, 0.29) is 25.0 Å². The molecule has 2 amide bonds. The average molecular weight is 368 g/mol. The second kappa shape index (κ2) is 8.58. The normalized spacial score (nSPS) is 11.9. The van der Waals surface area contributed by atoms with Crippen molar-refractivity contribution in [2.75, 3.05) is 13.3 Å². The first-order valence-electron chi connectivity index (χ1n) is 8.98. The Bertz CT molecular complexity index is 835. The molecule has 6 nitrogen and oxygen atoms in total. The molecule has 0 spiro atoms. The van der Waals surface area contributed by atoms with Crippen molar-refractivity contribution >= 4 is 11.8 Å². The number of aryl methyl sites for hydroxylation is 1. The lowest BCUT2D eigenvalue weighted by Gasteiger charge is -2.22. The molecule has 0 aliphatic carbocycles. The lowest BCUT2D eigenvalue weighted by atomic mass is 10.1. The van der Waals surface area contributed by atoms with Crippen LogP contribution < -0.4 is 14.8 Å². The van der Waals surface area contributed by atoms with Gasteiger partial charge in [-0.25, -0.2) is 0 Å². The second-order valence-corrected chi connectivity index (χ2v) is 6.58. The van der Waals surface area contributed by atoms with Gasteiger partial charge in [0.2, 0.25) is 18.6 Å². The number of nitrogens with zero attached hydrogens (tertiary/aromatic N) is 1. The first kappa shape index (κ1) is 18.8. The standard InChI is InChI=1S/C21H24N2O4/c1-15-5-3-4-6-18(15)13-23(16(2)24)10-9-21(25)22-12-17-7-8-19-20(11-17)27-14-26-19/h3-8,11H,9-10,12-14H2,1-2H3,(H,22,25). The number of hydrogen-bond acceptors (Lipinski definition) is 4. The van der Waals surface area contributed by atoms with E-state index in [1.165, 1.54) is 6.92 Å². The lowest BCUT2D eigenvalue weighted by Crippen LogP contribution is -2.33. The van der Waals surface area contributed by atoms with E-state index in [1.807, 2.05) is 49.4 Å². The topological polar surface area (TPSA) is 67.9 Å². The first-order chi connectivity index (χ1) is 13.0. The minimum absolute atomic E-state index is 0.0400. The molecule has 1 N–H and O–H groups in total. The highest BCUT2D eigenvalue weighted by Crippen LogP contribution is 2.32. The average Bonchev–Trinajstić information content (AvgIpc) is 3.12. The van der Waals surface area contributed by atoms with Crippen LogP contribution >= 0.6 is 0 Å². The molecule has 0 unspecified atom stereocenters. The third-order valence-electron chi connectivity index (χ3n) is 4.60. The van der Waals surface area contributed by atoms with E-state index in [2.05, 4.69) is 5.32 Å². The summed E-state index contributed by atoms with van der Waals surface area (Å²) in [5.41, 5.74) is 3.17. The Labute approximate surface area is 159 Å². The van der Waals surface area contributed by atoms with Gasteiger partial charge in [0.25, 0.3) is 0 Å². The molecule has 0 saturated heterocycles. The van der Waals surface area contributed by atoms with Crippen LogP contribution in [0.3, 0.4) is 0 Å². The Morgan fingerprint density at radius 2 is 1.89 bits per heavy atom. The van der Waals surface area contributed by atoms with Crippen LogP contribution in [0.15, 0.2) is 42.5 Å². The van der Waals surface area contributed by atoms with E-state index in [9.17, 15) is 9.59 Å². The molecule has 0 fully saturated rings. The first-order valence-corrected chi connectivity index (χ1v) is 8.98. The van der Waals surface area contributed by atoms with Gasteiger partial charge in [0.05, 0.1) is 0 Å². The van der Waals surface area contributed by atoms with Gasteiger partial charge < -0.3 is 19.7 Å². The summed E-state index contributed by atoms with van der Waals surface area (Å²) in [7, 11) is 0. The van der Waals surface area contributed by atoms with E-state index in [0.29, 0.717) is 25.4 Å². The molecule has 3 rings (SSSR count). The number of ether oxygens (including phenoxy) is 2. The van der Waals surface area contributed by atoms with Crippen LogP contribution in [0.1, 0.15) is 30.0 Å². The summed E-state index contributed by atoms with van der Waals surface area (Å²) < 4.78 is 10.6. The molecule has 1 aliphatic heterocycles. The van der Waals surface area contributed by atoms with Crippen LogP contribution in [0, 0.1) is 6.92 Å². The minimum Gasteiger partial charge on any atom is -0.454 e. The van der Waals surface area contributed by atoms with E-state index in [1.54, 1.807) is 4.90 Å². The van der Waals surface area contributed by atoms with Crippen molar-refractivity contribution in [3.63, 3.8) is 0 Å². The number of hydrogen-bond donors (Lipinski definition) is 1. The van der Waals surface area contributed by atoms with E-state index in [0.717, 1.165) is 22.4 Å². The maximum atomic E-state index is 12.2. The summed E-state index contributed by atoms with van der Waals surface area (Å²) >= 11 is 0. The third-order valence-corrected chi connectivity index (χ3v) is 4.60. The van der Waals surface area contributed by atoms with Crippen LogP contribution in [0.25, 0.3) is 0 Å². The van der Waals surface area contributed by atoms with Gasteiger partial charge in [-0.3, -0.25) is 9.59 Å². The zero-order valence-electron chi connectivity index (χ0n) is 15.7. The van der Waals surface area contributed by atoms with Gasteiger partial charge in [-0.05, 0) is 35.7 Å². The smallest absolute Gasteiger partial charge is 0.231 e. The number of rotatable bonds is 7. The molecule has 0 bridgehead atoms. The predicted octanol–water partition coefficient (Wildman–Crippen LogP) is 2.78. The minimum atomic E-state index is -0.0938. The number of carbonyl (C=O) groups is 2. The van der Waals surface area contributed by atoms with Gasteiger partial charge in [-0.15, -0.1) is 0 Å². The van der Waals surface area contributed by atoms with Crippen molar-refractivity contribution < 1.29 is 19.1 Å². The van der Waals surface area contributed by atoms with Gasteiger partial charge >= 0.3 is 0 Å². The number of benzene rings is 2.